The number of amides is 3. The lowest BCUT2D eigenvalue weighted by molar-refractivity contribution is -0.140. The summed E-state index contributed by atoms with van der Waals surface area (Å²) < 4.78 is 14.4. The molecule has 3 aliphatic rings. The summed E-state index contributed by atoms with van der Waals surface area (Å²) in [7, 11) is -1.35. The first-order valence-electron chi connectivity index (χ1n) is 16.5. The van der Waals surface area contributed by atoms with E-state index in [9.17, 15) is 23.4 Å². The fourth-order valence-electron chi connectivity index (χ4n) is 5.20. The van der Waals surface area contributed by atoms with E-state index in [4.69, 9.17) is 0 Å². The Hall–Kier alpha value is -4.49. The van der Waals surface area contributed by atoms with Crippen LogP contribution < -0.4 is 15.6 Å². The van der Waals surface area contributed by atoms with Gasteiger partial charge in [-0.15, -0.1) is 26.0 Å². The Morgan fingerprint density at radius 3 is 2.19 bits per heavy atom. The van der Waals surface area contributed by atoms with Crippen LogP contribution in [0.5, 0.6) is 0 Å². The van der Waals surface area contributed by atoms with Crippen molar-refractivity contribution < 1.29 is 18.6 Å². The molecular formula is C38H50N4O5S. The van der Waals surface area contributed by atoms with E-state index in [2.05, 4.69) is 41.0 Å². The normalized spacial score (nSPS) is 17.3. The Morgan fingerprint density at radius 2 is 1.60 bits per heavy atom. The van der Waals surface area contributed by atoms with Gasteiger partial charge in [0.25, 0.3) is 11.5 Å². The van der Waals surface area contributed by atoms with Crippen molar-refractivity contribution in [2.24, 2.45) is 5.92 Å². The molecular weight excluding hydrogens is 625 g/mol. The van der Waals surface area contributed by atoms with Gasteiger partial charge in [0.05, 0.1) is 5.25 Å². The molecule has 3 aromatic rings. The number of rotatable bonds is 8. The molecule has 3 N–H and O–H groups in total. The second kappa shape index (κ2) is 19.4. The number of carbonyl (C=O) groups excluding carboxylic acids is 3. The fourth-order valence-corrected chi connectivity index (χ4v) is 6.30. The molecule has 1 saturated heterocycles. The van der Waals surface area contributed by atoms with Crippen molar-refractivity contribution in [3.05, 3.63) is 84.2 Å². The molecule has 1 aromatic heterocycles. The molecule has 1 aliphatic heterocycles. The minimum atomic E-state index is -1.35. The number of H-pyrrole nitrogens is 1. The lowest BCUT2D eigenvalue weighted by Crippen LogP contribution is -2.55. The zero-order valence-corrected chi connectivity index (χ0v) is 29.4. The molecule has 3 fully saturated rings. The van der Waals surface area contributed by atoms with E-state index in [1.54, 1.807) is 4.90 Å². The van der Waals surface area contributed by atoms with Gasteiger partial charge in [-0.05, 0) is 67.5 Å². The molecule has 48 heavy (non-hydrogen) atoms. The number of benzene rings is 2. The highest BCUT2D eigenvalue weighted by molar-refractivity contribution is 7.84. The van der Waals surface area contributed by atoms with E-state index in [0.29, 0.717) is 32.2 Å². The number of hydrogen-bond acceptors (Lipinski definition) is 5. The number of hydrogen-bond donors (Lipinski definition) is 3. The van der Waals surface area contributed by atoms with Gasteiger partial charge in [0.2, 0.25) is 11.8 Å². The van der Waals surface area contributed by atoms with Crippen molar-refractivity contribution in [1.82, 2.24) is 19.9 Å². The molecule has 1 unspecified atom stereocenters. The van der Waals surface area contributed by atoms with Gasteiger partial charge in [0.15, 0.2) is 0 Å². The van der Waals surface area contributed by atoms with E-state index in [0.717, 1.165) is 41.3 Å². The highest BCUT2D eigenvalue weighted by atomic mass is 32.2. The van der Waals surface area contributed by atoms with Crippen molar-refractivity contribution in [1.29, 1.82) is 0 Å². The number of aromatic nitrogens is 1. The second-order valence-corrected chi connectivity index (χ2v) is 13.3. The molecule has 2 heterocycles. The summed E-state index contributed by atoms with van der Waals surface area (Å²) in [6.45, 7) is 14.5. The second-order valence-electron chi connectivity index (χ2n) is 11.8. The summed E-state index contributed by atoms with van der Waals surface area (Å²) in [4.78, 5) is 53.9. The molecule has 0 bridgehead atoms. The Labute approximate surface area is 287 Å². The highest BCUT2D eigenvalue weighted by Crippen LogP contribution is 2.37. The average Bonchev–Trinajstić information content (AvgIpc) is 4.05. The molecule has 10 heteroatoms. The molecule has 3 amide bonds. The predicted octanol–water partition coefficient (Wildman–Crippen LogP) is 5.89. The van der Waals surface area contributed by atoms with Gasteiger partial charge in [-0.3, -0.25) is 23.9 Å². The third-order valence-electron chi connectivity index (χ3n) is 7.86. The maximum atomic E-state index is 12.7. The topological polar surface area (TPSA) is 128 Å². The molecule has 2 atom stereocenters. The van der Waals surface area contributed by atoms with Gasteiger partial charge < -0.3 is 15.2 Å². The van der Waals surface area contributed by atoms with Crippen LogP contribution in [0.4, 0.5) is 0 Å². The number of nitrogens with one attached hydrogen (secondary N) is 3. The third-order valence-corrected chi connectivity index (χ3v) is 9.33. The summed E-state index contributed by atoms with van der Waals surface area (Å²) >= 11 is 0. The highest BCUT2D eigenvalue weighted by Gasteiger charge is 2.53. The van der Waals surface area contributed by atoms with Crippen LogP contribution in [-0.4, -0.2) is 55.2 Å². The van der Waals surface area contributed by atoms with Gasteiger partial charge in [0.1, 0.15) is 22.6 Å². The quantitative estimate of drug-likeness (QED) is 0.203. The first kappa shape index (κ1) is 39.7. The SMILES string of the molecule is C#C.C=C.CC.CC(C)CC(=O)N1CCC[C@H]1C(=O)NC1(C(=O)NS(=O)C2CC2)CC1.O=c1[nH]c(-c2ccccc2)cc2ccccc12. The number of nitrogens with zero attached hydrogens (tertiary/aromatic N) is 1. The van der Waals surface area contributed by atoms with Gasteiger partial charge in [-0.2, -0.15) is 0 Å². The van der Waals surface area contributed by atoms with Crippen LogP contribution in [-0.2, 0) is 25.4 Å². The molecule has 2 aromatic carbocycles. The van der Waals surface area contributed by atoms with Gasteiger partial charge >= 0.3 is 0 Å². The minimum absolute atomic E-state index is 0.00298. The van der Waals surface area contributed by atoms with Crippen LogP contribution in [0, 0.1) is 18.8 Å². The van der Waals surface area contributed by atoms with Gasteiger partial charge in [0, 0.05) is 24.0 Å². The minimum Gasteiger partial charge on any atom is -0.340 e. The average molecular weight is 675 g/mol. The lowest BCUT2D eigenvalue weighted by Gasteiger charge is -2.26. The van der Waals surface area contributed by atoms with Crippen LogP contribution in [0.25, 0.3) is 22.0 Å². The molecule has 258 valence electrons. The standard InChI is InChI=1S/C17H27N3O4S.C15H11NO.C2H6.C2H4.C2H2/c1-11(2)10-14(21)20-9-3-4-13(20)15(22)18-17(7-8-17)16(23)19-25(24)12-5-6-12;17-15-13-9-5-4-8-12(13)10-14(16-15)11-6-2-1-3-7-11;3*1-2/h11-13H,3-10H2,1-2H3,(H,18,22)(H,19,23);1-10H,(H,16,17);1-2H3;1-2H2;1-2H/t13-,25?;;;;/m0..../s1. The van der Waals surface area contributed by atoms with Gasteiger partial charge in [-0.1, -0.05) is 76.2 Å². The van der Waals surface area contributed by atoms with E-state index in [-0.39, 0.29) is 34.4 Å². The Kier molecular flexibility index (Phi) is 16.0. The van der Waals surface area contributed by atoms with Crippen molar-refractivity contribution in [3.63, 3.8) is 0 Å². The van der Waals surface area contributed by atoms with Crippen LogP contribution in [0.3, 0.4) is 0 Å². The number of aromatic amines is 1. The van der Waals surface area contributed by atoms with E-state index in [1.165, 1.54) is 0 Å². The van der Waals surface area contributed by atoms with E-state index < -0.39 is 22.6 Å². The molecule has 0 spiro atoms. The van der Waals surface area contributed by atoms with Crippen molar-refractivity contribution in [2.45, 2.75) is 89.5 Å². The first-order chi connectivity index (χ1) is 23.2. The molecule has 6 rings (SSSR count). The van der Waals surface area contributed by atoms with Crippen LogP contribution >= 0.6 is 0 Å². The Bertz CT molecular complexity index is 1610. The fraction of sp³-hybridized carbons (Fsp3) is 0.421. The van der Waals surface area contributed by atoms with Crippen molar-refractivity contribution in [2.75, 3.05) is 6.54 Å². The largest absolute Gasteiger partial charge is 0.340 e. The lowest BCUT2D eigenvalue weighted by atomic mass is 10.1. The summed E-state index contributed by atoms with van der Waals surface area (Å²) in [5, 5.41) is 4.59. The summed E-state index contributed by atoms with van der Waals surface area (Å²) in [5.74, 6) is -0.379. The van der Waals surface area contributed by atoms with Gasteiger partial charge in [-0.25, -0.2) is 4.21 Å². The van der Waals surface area contributed by atoms with E-state index in [1.807, 2.05) is 88.4 Å². The first-order valence-corrected chi connectivity index (χ1v) is 17.7. The molecule has 0 radical (unpaired) electrons. The third kappa shape index (κ3) is 10.8. The maximum absolute atomic E-state index is 12.7. The van der Waals surface area contributed by atoms with E-state index >= 15 is 0 Å². The Morgan fingerprint density at radius 1 is 1.00 bits per heavy atom. The molecule has 2 saturated carbocycles. The summed E-state index contributed by atoms with van der Waals surface area (Å²) in [6.07, 6.45) is 12.7. The van der Waals surface area contributed by atoms with Crippen molar-refractivity contribution in [3.8, 4) is 24.1 Å². The monoisotopic (exact) mass is 674 g/mol. The van der Waals surface area contributed by atoms with Crippen LogP contribution in [0.15, 0.2) is 78.6 Å². The molecule has 9 nitrogen and oxygen atoms in total. The smallest absolute Gasteiger partial charge is 0.257 e. The summed E-state index contributed by atoms with van der Waals surface area (Å²) in [6, 6.07) is 19.0. The number of pyridine rings is 1. The number of fused-ring (bicyclic) bond motifs is 1. The Balaban J connectivity index is 0.000000302. The zero-order chi connectivity index (χ0) is 35.9. The van der Waals surface area contributed by atoms with Crippen LogP contribution in [0.1, 0.15) is 72.6 Å². The number of likely N-dealkylation sites (tertiary alicyclic amines) is 1. The number of carbonyl (C=O) groups is 3. The predicted molar refractivity (Wildman–Crippen MR) is 196 cm³/mol. The molecule has 2 aliphatic carbocycles. The summed E-state index contributed by atoms with van der Waals surface area (Å²) in [5.41, 5.74) is 0.906. The van der Waals surface area contributed by atoms with Crippen LogP contribution in [0.2, 0.25) is 0 Å². The number of terminal acetylenes is 1. The zero-order valence-electron chi connectivity index (χ0n) is 28.6. The van der Waals surface area contributed by atoms with Crippen molar-refractivity contribution >= 4 is 39.5 Å². The maximum Gasteiger partial charge on any atom is 0.257 e.